The number of hydrogen-bond donors (Lipinski definition) is 1. The number of carbonyl (C=O) groups is 1. The minimum absolute atomic E-state index is 0.155. The fourth-order valence-corrected chi connectivity index (χ4v) is 3.08. The number of anilines is 3. The van der Waals surface area contributed by atoms with Crippen LogP contribution in [0.3, 0.4) is 0 Å². The largest absolute Gasteiger partial charge is 0.352 e. The third kappa shape index (κ3) is 3.90. The number of nitrogens with one attached hydrogen (secondary N) is 1. The van der Waals surface area contributed by atoms with Gasteiger partial charge in [-0.15, -0.1) is 5.10 Å². The number of benzene rings is 2. The molecular formula is C21H19FN6O2. The van der Waals surface area contributed by atoms with E-state index in [1.54, 1.807) is 23.1 Å². The van der Waals surface area contributed by atoms with Crippen LogP contribution in [0.4, 0.5) is 21.6 Å². The van der Waals surface area contributed by atoms with Crippen molar-refractivity contribution < 1.29 is 9.18 Å². The van der Waals surface area contributed by atoms with E-state index in [2.05, 4.69) is 15.4 Å². The molecule has 30 heavy (non-hydrogen) atoms. The molecule has 0 aliphatic carbocycles. The molecule has 8 nitrogen and oxygen atoms in total. The Morgan fingerprint density at radius 2 is 1.83 bits per heavy atom. The molecule has 0 unspecified atom stereocenters. The van der Waals surface area contributed by atoms with Gasteiger partial charge in [-0.2, -0.15) is 4.98 Å². The monoisotopic (exact) mass is 406 g/mol. The summed E-state index contributed by atoms with van der Waals surface area (Å²) in [4.78, 5) is 31.3. The second-order valence-corrected chi connectivity index (χ2v) is 6.53. The van der Waals surface area contributed by atoms with Crippen LogP contribution in [0.25, 0.3) is 5.78 Å². The number of nitrogens with zero attached hydrogens (tertiary/aromatic N) is 5. The van der Waals surface area contributed by atoms with E-state index in [0.717, 1.165) is 10.4 Å². The molecule has 0 atom stereocenters. The predicted octanol–water partition coefficient (Wildman–Crippen LogP) is 2.83. The lowest BCUT2D eigenvalue weighted by Crippen LogP contribution is -2.36. The van der Waals surface area contributed by atoms with Gasteiger partial charge < -0.3 is 10.2 Å². The van der Waals surface area contributed by atoms with E-state index in [1.165, 1.54) is 22.7 Å². The van der Waals surface area contributed by atoms with Gasteiger partial charge in [-0.25, -0.2) is 18.3 Å². The Labute approximate surface area is 171 Å². The van der Waals surface area contributed by atoms with Crippen molar-refractivity contribution in [2.45, 2.75) is 13.5 Å². The van der Waals surface area contributed by atoms with E-state index in [1.807, 2.05) is 37.3 Å². The lowest BCUT2D eigenvalue weighted by Gasteiger charge is -2.20. The van der Waals surface area contributed by atoms with Gasteiger partial charge >= 0.3 is 5.69 Å². The molecule has 0 saturated carbocycles. The molecule has 0 aliphatic rings. The van der Waals surface area contributed by atoms with Gasteiger partial charge in [-0.05, 0) is 49.4 Å². The van der Waals surface area contributed by atoms with Crippen molar-refractivity contribution in [3.05, 3.63) is 83.2 Å². The summed E-state index contributed by atoms with van der Waals surface area (Å²) in [5.74, 6) is 0.00847. The minimum Gasteiger partial charge on any atom is -0.340 e. The van der Waals surface area contributed by atoms with Crippen LogP contribution < -0.4 is 15.9 Å². The topological polar surface area (TPSA) is 84.5 Å². The third-order valence-electron chi connectivity index (χ3n) is 4.54. The van der Waals surface area contributed by atoms with E-state index >= 15 is 0 Å². The number of fused-ring (bicyclic) bond motifs is 1. The zero-order valence-corrected chi connectivity index (χ0v) is 16.2. The summed E-state index contributed by atoms with van der Waals surface area (Å²) in [5, 5.41) is 7.21. The number of aromatic nitrogens is 4. The quantitative estimate of drug-likeness (QED) is 0.532. The van der Waals surface area contributed by atoms with Crippen molar-refractivity contribution >= 4 is 28.9 Å². The Kier molecular flexibility index (Phi) is 5.25. The first-order valence-corrected chi connectivity index (χ1v) is 9.39. The standard InChI is InChI=1S/C21H19FN6O2/c1-2-26(17-6-4-3-5-7-17)19(29)14-28-21(30)27-13-12-18(24-20(27)25-28)23-16-10-8-15(22)9-11-16/h3-13H,2,14H2,1H3,(H,23,24,25). The Bertz CT molecular complexity index is 1230. The van der Waals surface area contributed by atoms with Crippen molar-refractivity contribution in [2.75, 3.05) is 16.8 Å². The van der Waals surface area contributed by atoms with Crippen molar-refractivity contribution in [1.29, 1.82) is 0 Å². The highest BCUT2D eigenvalue weighted by Crippen LogP contribution is 2.15. The van der Waals surface area contributed by atoms with Gasteiger partial charge in [0.1, 0.15) is 18.2 Å². The molecule has 0 bridgehead atoms. The van der Waals surface area contributed by atoms with Crippen LogP contribution in [-0.4, -0.2) is 31.6 Å². The summed E-state index contributed by atoms with van der Waals surface area (Å²) in [6.07, 6.45) is 1.53. The normalized spacial score (nSPS) is 10.9. The van der Waals surface area contributed by atoms with E-state index in [9.17, 15) is 14.0 Å². The van der Waals surface area contributed by atoms with Crippen molar-refractivity contribution in [1.82, 2.24) is 19.2 Å². The van der Waals surface area contributed by atoms with Gasteiger partial charge in [-0.1, -0.05) is 18.2 Å². The van der Waals surface area contributed by atoms with Crippen LogP contribution in [0.1, 0.15) is 6.92 Å². The van der Waals surface area contributed by atoms with Crippen molar-refractivity contribution in [3.8, 4) is 0 Å². The third-order valence-corrected chi connectivity index (χ3v) is 4.54. The molecule has 152 valence electrons. The zero-order chi connectivity index (χ0) is 21.1. The summed E-state index contributed by atoms with van der Waals surface area (Å²) in [6, 6.07) is 16.7. The van der Waals surface area contributed by atoms with Gasteiger partial charge in [0, 0.05) is 24.1 Å². The lowest BCUT2D eigenvalue weighted by molar-refractivity contribution is -0.119. The molecule has 2 aromatic heterocycles. The summed E-state index contributed by atoms with van der Waals surface area (Å²) >= 11 is 0. The van der Waals surface area contributed by atoms with Crippen LogP contribution >= 0.6 is 0 Å². The first kappa shape index (κ1) is 19.3. The molecular weight excluding hydrogens is 387 g/mol. The second-order valence-electron chi connectivity index (χ2n) is 6.53. The molecule has 1 amide bonds. The molecule has 2 heterocycles. The fraction of sp³-hybridized carbons (Fsp3) is 0.143. The second kappa shape index (κ2) is 8.16. The van der Waals surface area contributed by atoms with E-state index < -0.39 is 5.69 Å². The molecule has 1 N–H and O–H groups in total. The molecule has 4 rings (SSSR count). The van der Waals surface area contributed by atoms with Crippen LogP contribution in [0.2, 0.25) is 0 Å². The SMILES string of the molecule is CCN(C(=O)Cn1nc2nc(Nc3ccc(F)cc3)ccn2c1=O)c1ccccc1. The van der Waals surface area contributed by atoms with Gasteiger partial charge in [0.25, 0.3) is 5.78 Å². The van der Waals surface area contributed by atoms with Crippen LogP contribution in [0.5, 0.6) is 0 Å². The molecule has 2 aromatic carbocycles. The highest BCUT2D eigenvalue weighted by molar-refractivity contribution is 5.93. The van der Waals surface area contributed by atoms with Gasteiger partial charge in [0.2, 0.25) is 5.91 Å². The first-order valence-electron chi connectivity index (χ1n) is 9.39. The number of carbonyl (C=O) groups excluding carboxylic acids is 1. The molecule has 0 fully saturated rings. The average molecular weight is 406 g/mol. The molecule has 4 aromatic rings. The first-order chi connectivity index (χ1) is 14.5. The van der Waals surface area contributed by atoms with Crippen LogP contribution in [0, 0.1) is 5.82 Å². The van der Waals surface area contributed by atoms with Crippen molar-refractivity contribution in [3.63, 3.8) is 0 Å². The minimum atomic E-state index is -0.455. The molecule has 9 heteroatoms. The Balaban J connectivity index is 1.57. The van der Waals surface area contributed by atoms with E-state index in [4.69, 9.17) is 0 Å². The Morgan fingerprint density at radius 3 is 2.53 bits per heavy atom. The number of likely N-dealkylation sites (N-methyl/N-ethyl adjacent to an activating group) is 1. The Morgan fingerprint density at radius 1 is 1.10 bits per heavy atom. The Hall–Kier alpha value is -4.01. The molecule has 0 spiro atoms. The summed E-state index contributed by atoms with van der Waals surface area (Å²) in [7, 11) is 0. The number of hydrogen-bond acceptors (Lipinski definition) is 5. The van der Waals surface area contributed by atoms with Crippen LogP contribution in [0.15, 0.2) is 71.7 Å². The number of halogens is 1. The molecule has 0 saturated heterocycles. The number of para-hydroxylation sites is 1. The number of rotatable bonds is 6. The number of amides is 1. The van der Waals surface area contributed by atoms with Gasteiger partial charge in [-0.3, -0.25) is 4.79 Å². The van der Waals surface area contributed by atoms with Gasteiger partial charge in [0.15, 0.2) is 0 Å². The summed E-state index contributed by atoms with van der Waals surface area (Å²) in [5.41, 5.74) is 0.945. The average Bonchev–Trinajstić information content (AvgIpc) is 3.06. The maximum Gasteiger partial charge on any atom is 0.352 e. The predicted molar refractivity (Wildman–Crippen MR) is 111 cm³/mol. The summed E-state index contributed by atoms with van der Waals surface area (Å²) < 4.78 is 15.4. The fourth-order valence-electron chi connectivity index (χ4n) is 3.08. The zero-order valence-electron chi connectivity index (χ0n) is 16.2. The van der Waals surface area contributed by atoms with Gasteiger partial charge in [0.05, 0.1) is 0 Å². The lowest BCUT2D eigenvalue weighted by atomic mass is 10.3. The smallest absolute Gasteiger partial charge is 0.340 e. The van der Waals surface area contributed by atoms with E-state index in [-0.39, 0.29) is 24.0 Å². The molecule has 0 aliphatic heterocycles. The highest BCUT2D eigenvalue weighted by Gasteiger charge is 2.18. The van der Waals surface area contributed by atoms with Crippen LogP contribution in [-0.2, 0) is 11.3 Å². The van der Waals surface area contributed by atoms with Crippen molar-refractivity contribution in [2.24, 2.45) is 0 Å². The highest BCUT2D eigenvalue weighted by atomic mass is 19.1. The molecule has 0 radical (unpaired) electrons. The van der Waals surface area contributed by atoms with E-state index in [0.29, 0.717) is 18.1 Å². The summed E-state index contributed by atoms with van der Waals surface area (Å²) in [6.45, 7) is 2.13. The maximum atomic E-state index is 13.1. The maximum absolute atomic E-state index is 13.1.